The predicted molar refractivity (Wildman–Crippen MR) is 71.7 cm³/mol. The number of carbonyl (C=O) groups is 1. The molecule has 1 unspecified atom stereocenters. The lowest BCUT2D eigenvalue weighted by Gasteiger charge is -2.09. The molecule has 3 N–H and O–H groups in total. The smallest absolute Gasteiger partial charge is 0.217 e. The lowest BCUT2D eigenvalue weighted by atomic mass is 10.0. The summed E-state index contributed by atoms with van der Waals surface area (Å²) in [5.41, 5.74) is 5.06. The van der Waals surface area contributed by atoms with Crippen LogP contribution in [0.2, 0.25) is 0 Å². The fraction of sp³-hybridized carbons (Fsp3) is 0.929. The first kappa shape index (κ1) is 16.4. The Kier molecular flexibility index (Phi) is 11.5. The lowest BCUT2D eigenvalue weighted by Crippen LogP contribution is -2.09. The van der Waals surface area contributed by atoms with Gasteiger partial charge in [-0.1, -0.05) is 51.9 Å². The van der Waals surface area contributed by atoms with E-state index in [0.29, 0.717) is 6.42 Å². The van der Waals surface area contributed by atoms with Crippen molar-refractivity contribution in [2.75, 3.05) is 0 Å². The first-order valence-electron chi connectivity index (χ1n) is 7.13. The van der Waals surface area contributed by atoms with Gasteiger partial charge in [-0.25, -0.2) is 0 Å². The summed E-state index contributed by atoms with van der Waals surface area (Å²) < 4.78 is 0. The standard InChI is InChI=1S/C14H29NO2/c1-2-3-4-7-10-13(16)11-8-5-6-9-12-14(15)17/h13,16H,2-12H2,1H3,(H2,15,17). The number of aliphatic hydroxyl groups is 1. The summed E-state index contributed by atoms with van der Waals surface area (Å²) >= 11 is 0. The normalized spacial score (nSPS) is 12.6. The van der Waals surface area contributed by atoms with Crippen LogP contribution < -0.4 is 5.73 Å². The highest BCUT2D eigenvalue weighted by atomic mass is 16.3. The number of hydrogen-bond donors (Lipinski definition) is 2. The third-order valence-corrected chi connectivity index (χ3v) is 3.10. The molecule has 0 spiro atoms. The molecule has 0 aromatic heterocycles. The Morgan fingerprint density at radius 3 is 2.06 bits per heavy atom. The summed E-state index contributed by atoms with van der Waals surface area (Å²) in [5, 5.41) is 9.72. The lowest BCUT2D eigenvalue weighted by molar-refractivity contribution is -0.118. The van der Waals surface area contributed by atoms with Gasteiger partial charge in [0.2, 0.25) is 5.91 Å². The molecule has 0 aliphatic carbocycles. The van der Waals surface area contributed by atoms with Gasteiger partial charge >= 0.3 is 0 Å². The van der Waals surface area contributed by atoms with Crippen molar-refractivity contribution >= 4 is 5.91 Å². The fourth-order valence-electron chi connectivity index (χ4n) is 1.98. The Morgan fingerprint density at radius 2 is 1.53 bits per heavy atom. The summed E-state index contributed by atoms with van der Waals surface area (Å²) in [4.78, 5) is 10.5. The van der Waals surface area contributed by atoms with Gasteiger partial charge in [-0.05, 0) is 19.3 Å². The molecular formula is C14H29NO2. The number of aliphatic hydroxyl groups excluding tert-OH is 1. The molecule has 0 bridgehead atoms. The highest BCUT2D eigenvalue weighted by Gasteiger charge is 2.03. The van der Waals surface area contributed by atoms with Crippen LogP contribution in [0.15, 0.2) is 0 Å². The zero-order valence-corrected chi connectivity index (χ0v) is 11.3. The topological polar surface area (TPSA) is 63.3 Å². The SMILES string of the molecule is CCCCCCC(O)CCCCCCC(N)=O. The number of rotatable bonds is 12. The molecule has 0 aromatic carbocycles. The molecule has 0 saturated carbocycles. The summed E-state index contributed by atoms with van der Waals surface area (Å²) in [6.45, 7) is 2.20. The average Bonchev–Trinajstić information content (AvgIpc) is 2.29. The number of hydrogen-bond acceptors (Lipinski definition) is 2. The van der Waals surface area contributed by atoms with Crippen molar-refractivity contribution < 1.29 is 9.90 Å². The largest absolute Gasteiger partial charge is 0.393 e. The Balaban J connectivity index is 3.16. The maximum atomic E-state index is 10.5. The van der Waals surface area contributed by atoms with Crippen LogP contribution in [0.25, 0.3) is 0 Å². The molecule has 0 radical (unpaired) electrons. The maximum absolute atomic E-state index is 10.5. The number of unbranched alkanes of at least 4 members (excludes halogenated alkanes) is 6. The molecule has 3 heteroatoms. The van der Waals surface area contributed by atoms with Crippen LogP contribution in [0.3, 0.4) is 0 Å². The number of primary amides is 1. The molecule has 1 atom stereocenters. The molecule has 0 aromatic rings. The zero-order chi connectivity index (χ0) is 12.9. The van der Waals surface area contributed by atoms with Crippen LogP contribution in [0, 0.1) is 0 Å². The van der Waals surface area contributed by atoms with Crippen LogP contribution in [-0.2, 0) is 4.79 Å². The van der Waals surface area contributed by atoms with Gasteiger partial charge in [-0.2, -0.15) is 0 Å². The Bertz CT molecular complexity index is 183. The van der Waals surface area contributed by atoms with Gasteiger partial charge in [0.1, 0.15) is 0 Å². The molecule has 0 fully saturated rings. The van der Waals surface area contributed by atoms with Crippen molar-refractivity contribution in [3.63, 3.8) is 0 Å². The van der Waals surface area contributed by atoms with E-state index in [-0.39, 0.29) is 12.0 Å². The first-order chi connectivity index (χ1) is 8.16. The number of amides is 1. The van der Waals surface area contributed by atoms with Gasteiger partial charge in [0.05, 0.1) is 6.10 Å². The minimum absolute atomic E-state index is 0.122. The Labute approximate surface area is 106 Å². The van der Waals surface area contributed by atoms with Gasteiger partial charge in [-0.15, -0.1) is 0 Å². The highest BCUT2D eigenvalue weighted by Crippen LogP contribution is 2.12. The van der Waals surface area contributed by atoms with Crippen LogP contribution in [0.1, 0.15) is 77.6 Å². The van der Waals surface area contributed by atoms with Crippen LogP contribution in [0.4, 0.5) is 0 Å². The zero-order valence-electron chi connectivity index (χ0n) is 11.3. The molecule has 17 heavy (non-hydrogen) atoms. The van der Waals surface area contributed by atoms with Crippen LogP contribution in [-0.4, -0.2) is 17.1 Å². The van der Waals surface area contributed by atoms with E-state index >= 15 is 0 Å². The van der Waals surface area contributed by atoms with Gasteiger partial charge in [-0.3, -0.25) is 4.79 Å². The Morgan fingerprint density at radius 1 is 1.00 bits per heavy atom. The Hall–Kier alpha value is -0.570. The van der Waals surface area contributed by atoms with Crippen LogP contribution >= 0.6 is 0 Å². The summed E-state index contributed by atoms with van der Waals surface area (Å²) in [6.07, 6.45) is 11.2. The van der Waals surface area contributed by atoms with Gasteiger partial charge in [0.25, 0.3) is 0 Å². The molecule has 1 amide bonds. The highest BCUT2D eigenvalue weighted by molar-refractivity contribution is 5.73. The van der Waals surface area contributed by atoms with Crippen molar-refractivity contribution in [2.24, 2.45) is 5.73 Å². The molecule has 0 rings (SSSR count). The second-order valence-electron chi connectivity index (χ2n) is 4.92. The minimum atomic E-state index is -0.207. The first-order valence-corrected chi connectivity index (χ1v) is 7.13. The molecule has 0 saturated heterocycles. The number of carbonyl (C=O) groups excluding carboxylic acids is 1. The van der Waals surface area contributed by atoms with Crippen molar-refractivity contribution in [2.45, 2.75) is 83.7 Å². The van der Waals surface area contributed by atoms with E-state index in [1.165, 1.54) is 19.3 Å². The van der Waals surface area contributed by atoms with E-state index < -0.39 is 0 Å². The van der Waals surface area contributed by atoms with E-state index in [9.17, 15) is 9.90 Å². The molecule has 102 valence electrons. The van der Waals surface area contributed by atoms with Crippen molar-refractivity contribution in [3.05, 3.63) is 0 Å². The van der Waals surface area contributed by atoms with Crippen molar-refractivity contribution in [1.82, 2.24) is 0 Å². The van der Waals surface area contributed by atoms with E-state index in [1.54, 1.807) is 0 Å². The number of nitrogens with two attached hydrogens (primary N) is 1. The quantitative estimate of drug-likeness (QED) is 0.517. The van der Waals surface area contributed by atoms with Gasteiger partial charge in [0.15, 0.2) is 0 Å². The fourth-order valence-corrected chi connectivity index (χ4v) is 1.98. The summed E-state index contributed by atoms with van der Waals surface area (Å²) in [6, 6.07) is 0. The second kappa shape index (κ2) is 11.9. The van der Waals surface area contributed by atoms with Gasteiger partial charge in [0, 0.05) is 6.42 Å². The molecule has 0 aliphatic heterocycles. The van der Waals surface area contributed by atoms with Crippen LogP contribution in [0.5, 0.6) is 0 Å². The molecule has 0 heterocycles. The predicted octanol–water partition coefficient (Wildman–Crippen LogP) is 3.14. The molecular weight excluding hydrogens is 214 g/mol. The average molecular weight is 243 g/mol. The monoisotopic (exact) mass is 243 g/mol. The molecule has 3 nitrogen and oxygen atoms in total. The van der Waals surface area contributed by atoms with Gasteiger partial charge < -0.3 is 10.8 Å². The summed E-state index contributed by atoms with van der Waals surface area (Å²) in [5.74, 6) is -0.207. The summed E-state index contributed by atoms with van der Waals surface area (Å²) in [7, 11) is 0. The van der Waals surface area contributed by atoms with E-state index in [4.69, 9.17) is 5.73 Å². The maximum Gasteiger partial charge on any atom is 0.217 e. The van der Waals surface area contributed by atoms with Crippen molar-refractivity contribution in [3.8, 4) is 0 Å². The van der Waals surface area contributed by atoms with E-state index in [0.717, 1.165) is 44.9 Å². The second-order valence-corrected chi connectivity index (χ2v) is 4.92. The van der Waals surface area contributed by atoms with Crippen molar-refractivity contribution in [1.29, 1.82) is 0 Å². The van der Waals surface area contributed by atoms with E-state index in [2.05, 4.69) is 6.92 Å². The molecule has 0 aliphatic rings. The minimum Gasteiger partial charge on any atom is -0.393 e. The third-order valence-electron chi connectivity index (χ3n) is 3.10. The third kappa shape index (κ3) is 13.4. The van der Waals surface area contributed by atoms with E-state index in [1.807, 2.05) is 0 Å².